The van der Waals surface area contributed by atoms with Gasteiger partial charge in [0.2, 0.25) is 11.8 Å². The predicted octanol–water partition coefficient (Wildman–Crippen LogP) is 2.78. The molecule has 1 saturated heterocycles. The summed E-state index contributed by atoms with van der Waals surface area (Å²) in [7, 11) is 0. The molecule has 0 spiro atoms. The number of nitro benzene ring substituents is 1. The Morgan fingerprint density at radius 1 is 1.06 bits per heavy atom. The highest BCUT2D eigenvalue weighted by molar-refractivity contribution is 5.95. The average molecular weight is 497 g/mol. The van der Waals surface area contributed by atoms with E-state index in [9.17, 15) is 37.3 Å². The summed E-state index contributed by atoms with van der Waals surface area (Å²) in [6, 6.07) is 7.61. The Morgan fingerprint density at radius 2 is 1.69 bits per heavy atom. The van der Waals surface area contributed by atoms with Crippen molar-refractivity contribution < 1.29 is 32.1 Å². The van der Waals surface area contributed by atoms with Crippen LogP contribution in [0, 0.1) is 15.9 Å². The van der Waals surface area contributed by atoms with Crippen LogP contribution in [0.25, 0.3) is 0 Å². The molecule has 1 aliphatic heterocycles. The Morgan fingerprint density at radius 3 is 2.23 bits per heavy atom. The van der Waals surface area contributed by atoms with Crippen molar-refractivity contribution in [3.8, 4) is 0 Å². The minimum absolute atomic E-state index is 0.0114. The molecule has 188 valence electrons. The number of nitrogens with two attached hydrogens (primary N) is 1. The normalized spacial score (nSPS) is 14.6. The molecular weight excluding hydrogens is 474 g/mol. The quantitative estimate of drug-likeness (QED) is 0.341. The minimum Gasteiger partial charge on any atom is -0.370 e. The minimum atomic E-state index is -4.70. The summed E-state index contributed by atoms with van der Waals surface area (Å²) in [5.41, 5.74) is 3.93. The van der Waals surface area contributed by atoms with Crippen molar-refractivity contribution in [3.05, 3.63) is 64.0 Å². The number of nitro groups is 1. The number of alkyl halides is 3. The van der Waals surface area contributed by atoms with Gasteiger partial charge in [0.25, 0.3) is 5.69 Å². The first-order valence-electron chi connectivity index (χ1n) is 10.6. The maximum atomic E-state index is 13.3. The zero-order chi connectivity index (χ0) is 25.8. The lowest BCUT2D eigenvalue weighted by Gasteiger charge is -2.36. The topological polar surface area (TPSA) is 113 Å². The number of carbonyl (C=O) groups excluding carboxylic acids is 2. The van der Waals surface area contributed by atoms with E-state index in [2.05, 4.69) is 0 Å². The van der Waals surface area contributed by atoms with E-state index in [1.165, 1.54) is 29.2 Å². The highest BCUT2D eigenvalue weighted by Gasteiger charge is 2.34. The summed E-state index contributed by atoms with van der Waals surface area (Å²) >= 11 is 0. The van der Waals surface area contributed by atoms with E-state index in [1.54, 1.807) is 9.80 Å². The standard InChI is InChI=1S/C22H23F4N5O4/c23-16-2-4-17(5-3-16)30(8-7-20(27)32)21(33)14-28-9-11-29(12-10-28)18-6-1-15(22(24,25)26)13-19(18)31(34)35/h1-6,13H,7-12,14H2,(H2,27,32). The van der Waals surface area contributed by atoms with E-state index >= 15 is 0 Å². The number of primary amides is 1. The molecule has 0 aliphatic carbocycles. The molecule has 0 unspecified atom stereocenters. The summed E-state index contributed by atoms with van der Waals surface area (Å²) in [6.45, 7) is 1.10. The molecule has 2 amide bonds. The first-order valence-corrected chi connectivity index (χ1v) is 10.6. The van der Waals surface area contributed by atoms with E-state index in [0.29, 0.717) is 24.8 Å². The number of carbonyl (C=O) groups is 2. The van der Waals surface area contributed by atoms with E-state index in [1.807, 2.05) is 0 Å². The number of benzene rings is 2. The maximum Gasteiger partial charge on any atom is 0.416 e. The number of hydrogen-bond acceptors (Lipinski definition) is 6. The van der Waals surface area contributed by atoms with E-state index in [-0.39, 0.29) is 44.2 Å². The third-order valence-corrected chi connectivity index (χ3v) is 5.59. The van der Waals surface area contributed by atoms with Crippen molar-refractivity contribution in [1.29, 1.82) is 0 Å². The first kappa shape index (κ1) is 25.9. The number of rotatable bonds is 8. The molecule has 1 fully saturated rings. The summed E-state index contributed by atoms with van der Waals surface area (Å²) in [4.78, 5) is 39.4. The zero-order valence-corrected chi connectivity index (χ0v) is 18.5. The van der Waals surface area contributed by atoms with Crippen molar-refractivity contribution in [3.63, 3.8) is 0 Å². The second kappa shape index (κ2) is 10.7. The van der Waals surface area contributed by atoms with Crippen LogP contribution in [-0.4, -0.2) is 60.9 Å². The Labute approximate surface area is 197 Å². The zero-order valence-electron chi connectivity index (χ0n) is 18.5. The summed E-state index contributed by atoms with van der Waals surface area (Å²) < 4.78 is 52.2. The third-order valence-electron chi connectivity index (χ3n) is 5.59. The van der Waals surface area contributed by atoms with Crippen LogP contribution in [0.2, 0.25) is 0 Å². The molecule has 2 aromatic rings. The van der Waals surface area contributed by atoms with Gasteiger partial charge in [-0.05, 0) is 36.4 Å². The molecule has 0 aromatic heterocycles. The largest absolute Gasteiger partial charge is 0.416 e. The van der Waals surface area contributed by atoms with Gasteiger partial charge >= 0.3 is 6.18 Å². The Bertz CT molecular complexity index is 1090. The van der Waals surface area contributed by atoms with Gasteiger partial charge in [0.05, 0.1) is 17.0 Å². The fourth-order valence-electron chi connectivity index (χ4n) is 3.78. The lowest BCUT2D eigenvalue weighted by atomic mass is 10.1. The second-order valence-corrected chi connectivity index (χ2v) is 7.96. The van der Waals surface area contributed by atoms with Crippen molar-refractivity contribution in [2.75, 3.05) is 49.1 Å². The maximum absolute atomic E-state index is 13.3. The van der Waals surface area contributed by atoms with Crippen LogP contribution in [0.15, 0.2) is 42.5 Å². The van der Waals surface area contributed by atoms with Gasteiger partial charge in [-0.2, -0.15) is 13.2 Å². The lowest BCUT2D eigenvalue weighted by molar-refractivity contribution is -0.384. The molecule has 1 aliphatic rings. The van der Waals surface area contributed by atoms with Crippen LogP contribution in [-0.2, 0) is 15.8 Å². The molecule has 13 heteroatoms. The highest BCUT2D eigenvalue weighted by atomic mass is 19.4. The number of nitrogens with zero attached hydrogens (tertiary/aromatic N) is 4. The number of hydrogen-bond donors (Lipinski definition) is 1. The van der Waals surface area contributed by atoms with Gasteiger partial charge in [-0.1, -0.05) is 0 Å². The van der Waals surface area contributed by atoms with Crippen molar-refractivity contribution >= 4 is 28.9 Å². The molecule has 1 heterocycles. The molecule has 9 nitrogen and oxygen atoms in total. The number of amides is 2. The van der Waals surface area contributed by atoms with Crippen LogP contribution in [0.4, 0.5) is 34.6 Å². The molecule has 35 heavy (non-hydrogen) atoms. The first-order chi connectivity index (χ1) is 16.5. The smallest absolute Gasteiger partial charge is 0.370 e. The fourth-order valence-corrected chi connectivity index (χ4v) is 3.78. The van der Waals surface area contributed by atoms with E-state index < -0.39 is 34.1 Å². The Balaban J connectivity index is 1.68. The van der Waals surface area contributed by atoms with Gasteiger partial charge in [-0.25, -0.2) is 4.39 Å². The van der Waals surface area contributed by atoms with Crippen LogP contribution in [0.5, 0.6) is 0 Å². The molecule has 0 atom stereocenters. The molecule has 2 aromatic carbocycles. The molecule has 2 N–H and O–H groups in total. The van der Waals surface area contributed by atoms with Gasteiger partial charge in [-0.3, -0.25) is 24.6 Å². The molecule has 0 bridgehead atoms. The third kappa shape index (κ3) is 6.66. The van der Waals surface area contributed by atoms with Gasteiger partial charge in [0, 0.05) is 50.9 Å². The van der Waals surface area contributed by atoms with Gasteiger partial charge < -0.3 is 15.5 Å². The van der Waals surface area contributed by atoms with Gasteiger partial charge in [0.1, 0.15) is 11.5 Å². The molecule has 0 saturated carbocycles. The molecular formula is C22H23F4N5O4. The van der Waals surface area contributed by atoms with Gasteiger partial charge in [-0.15, -0.1) is 0 Å². The SMILES string of the molecule is NC(=O)CCN(C(=O)CN1CCN(c2ccc(C(F)(F)F)cc2[N+](=O)[O-])CC1)c1ccc(F)cc1. The van der Waals surface area contributed by atoms with Crippen LogP contribution in [0.1, 0.15) is 12.0 Å². The highest BCUT2D eigenvalue weighted by Crippen LogP contribution is 2.36. The molecule has 0 radical (unpaired) electrons. The van der Waals surface area contributed by atoms with Crippen molar-refractivity contribution in [2.24, 2.45) is 5.73 Å². The number of piperazine rings is 1. The number of halogens is 4. The Kier molecular flexibility index (Phi) is 7.89. The fraction of sp³-hybridized carbons (Fsp3) is 0.364. The predicted molar refractivity (Wildman–Crippen MR) is 119 cm³/mol. The Hall–Kier alpha value is -3.74. The van der Waals surface area contributed by atoms with E-state index in [0.717, 1.165) is 12.1 Å². The van der Waals surface area contributed by atoms with Gasteiger partial charge in [0.15, 0.2) is 0 Å². The van der Waals surface area contributed by atoms with Crippen molar-refractivity contribution in [1.82, 2.24) is 4.90 Å². The number of anilines is 2. The summed E-state index contributed by atoms with van der Waals surface area (Å²) in [5.74, 6) is -1.44. The average Bonchev–Trinajstić information content (AvgIpc) is 2.79. The van der Waals surface area contributed by atoms with Crippen LogP contribution in [0.3, 0.4) is 0 Å². The second-order valence-electron chi connectivity index (χ2n) is 7.96. The van der Waals surface area contributed by atoms with Crippen molar-refractivity contribution in [2.45, 2.75) is 12.6 Å². The van der Waals surface area contributed by atoms with Crippen LogP contribution >= 0.6 is 0 Å². The summed E-state index contributed by atoms with van der Waals surface area (Å²) in [5, 5.41) is 11.4. The van der Waals surface area contributed by atoms with E-state index in [4.69, 9.17) is 5.73 Å². The van der Waals surface area contributed by atoms with Crippen LogP contribution < -0.4 is 15.5 Å². The summed E-state index contributed by atoms with van der Waals surface area (Å²) in [6.07, 6.45) is -4.79. The monoisotopic (exact) mass is 497 g/mol. The lowest BCUT2D eigenvalue weighted by Crippen LogP contribution is -2.50. The molecule has 3 rings (SSSR count).